The van der Waals surface area contributed by atoms with Gasteiger partial charge in [-0.3, -0.25) is 0 Å². The van der Waals surface area contributed by atoms with Crippen LogP contribution in [0.4, 0.5) is 0 Å². The van der Waals surface area contributed by atoms with Crippen molar-refractivity contribution < 1.29 is 8.42 Å². The molecular weight excluding hydrogens is 294 g/mol. The summed E-state index contributed by atoms with van der Waals surface area (Å²) < 4.78 is 29.6. The molecule has 1 aliphatic rings. The number of nitrogens with zero attached hydrogens (tertiary/aromatic N) is 2. The number of aromatic nitrogens is 2. The minimum atomic E-state index is -3.36. The van der Waals surface area contributed by atoms with Crippen molar-refractivity contribution in [2.45, 2.75) is 30.5 Å². The van der Waals surface area contributed by atoms with Crippen LogP contribution in [0.15, 0.2) is 28.7 Å². The van der Waals surface area contributed by atoms with Crippen molar-refractivity contribution in [1.82, 2.24) is 14.3 Å². The summed E-state index contributed by atoms with van der Waals surface area (Å²) >= 11 is 1.31. The molecule has 0 fully saturated rings. The molecular formula is C13H17N3O2S2. The summed E-state index contributed by atoms with van der Waals surface area (Å²) in [4.78, 5) is 5.28. The van der Waals surface area contributed by atoms with Crippen LogP contribution in [0.3, 0.4) is 0 Å². The fourth-order valence-corrected chi connectivity index (χ4v) is 4.90. The van der Waals surface area contributed by atoms with Crippen LogP contribution in [0.25, 0.3) is 0 Å². The zero-order chi connectivity index (χ0) is 14.2. The Morgan fingerprint density at radius 3 is 3.10 bits per heavy atom. The maximum absolute atomic E-state index is 12.2. The first-order valence-electron chi connectivity index (χ1n) is 6.61. The molecule has 1 unspecified atom stereocenters. The average molecular weight is 311 g/mol. The highest BCUT2D eigenvalue weighted by molar-refractivity contribution is 7.91. The molecule has 0 spiro atoms. The zero-order valence-corrected chi connectivity index (χ0v) is 12.9. The van der Waals surface area contributed by atoms with Gasteiger partial charge in [0.2, 0.25) is 10.0 Å². The van der Waals surface area contributed by atoms with E-state index in [-0.39, 0.29) is 0 Å². The SMILES string of the molecule is Cc1ccc(S(=O)(=O)NCC2CCc3nccn3C2)s1. The van der Waals surface area contributed by atoms with Gasteiger partial charge in [-0.1, -0.05) is 0 Å². The Hall–Kier alpha value is -1.18. The standard InChI is InChI=1S/C13H17N3O2S2/c1-10-2-5-13(19-10)20(17,18)15-8-11-3-4-12-14-6-7-16(12)9-11/h2,5-7,11,15H,3-4,8-9H2,1H3. The Balaban J connectivity index is 1.63. The van der Waals surface area contributed by atoms with Crippen molar-refractivity contribution in [2.75, 3.05) is 6.54 Å². The van der Waals surface area contributed by atoms with E-state index in [9.17, 15) is 8.42 Å². The molecule has 1 N–H and O–H groups in total. The van der Waals surface area contributed by atoms with E-state index in [4.69, 9.17) is 0 Å². The smallest absolute Gasteiger partial charge is 0.250 e. The van der Waals surface area contributed by atoms with Gasteiger partial charge in [-0.25, -0.2) is 18.1 Å². The van der Waals surface area contributed by atoms with Crippen LogP contribution in [0.1, 0.15) is 17.1 Å². The monoisotopic (exact) mass is 311 g/mol. The van der Waals surface area contributed by atoms with Crippen molar-refractivity contribution in [3.05, 3.63) is 35.2 Å². The van der Waals surface area contributed by atoms with Gasteiger partial charge < -0.3 is 4.57 Å². The molecule has 108 valence electrons. The number of imidazole rings is 1. The summed E-state index contributed by atoms with van der Waals surface area (Å²) in [5.41, 5.74) is 0. The van der Waals surface area contributed by atoms with Gasteiger partial charge in [-0.05, 0) is 31.4 Å². The Labute approximate surface area is 122 Å². The maximum atomic E-state index is 12.2. The predicted molar refractivity (Wildman–Crippen MR) is 78.3 cm³/mol. The van der Waals surface area contributed by atoms with Crippen LogP contribution in [0.2, 0.25) is 0 Å². The van der Waals surface area contributed by atoms with Crippen LogP contribution >= 0.6 is 11.3 Å². The van der Waals surface area contributed by atoms with Gasteiger partial charge in [-0.2, -0.15) is 0 Å². The molecule has 0 radical (unpaired) electrons. The van der Waals surface area contributed by atoms with Crippen molar-refractivity contribution in [1.29, 1.82) is 0 Å². The lowest BCUT2D eigenvalue weighted by molar-refractivity contribution is 0.363. The minimum Gasteiger partial charge on any atom is -0.335 e. The molecule has 3 rings (SSSR count). The zero-order valence-electron chi connectivity index (χ0n) is 11.2. The molecule has 0 aliphatic carbocycles. The number of sulfonamides is 1. The molecule has 0 saturated carbocycles. The summed E-state index contributed by atoms with van der Waals surface area (Å²) in [5.74, 6) is 1.42. The summed E-state index contributed by atoms with van der Waals surface area (Å²) in [5, 5.41) is 0. The van der Waals surface area contributed by atoms with Crippen molar-refractivity contribution in [3.8, 4) is 0 Å². The Bertz CT molecular complexity index is 703. The minimum absolute atomic E-state index is 0.326. The van der Waals surface area contributed by atoms with E-state index in [1.54, 1.807) is 12.3 Å². The van der Waals surface area contributed by atoms with E-state index in [1.807, 2.05) is 19.2 Å². The predicted octanol–water partition coefficient (Wildman–Crippen LogP) is 1.79. The topological polar surface area (TPSA) is 64.0 Å². The molecule has 3 heterocycles. The summed E-state index contributed by atoms with van der Waals surface area (Å²) in [6, 6.07) is 3.49. The normalized spacial score (nSPS) is 18.9. The van der Waals surface area contributed by atoms with Gasteiger partial charge in [0.05, 0.1) is 0 Å². The molecule has 20 heavy (non-hydrogen) atoms. The van der Waals surface area contributed by atoms with E-state index >= 15 is 0 Å². The van der Waals surface area contributed by atoms with Gasteiger partial charge in [0.25, 0.3) is 0 Å². The third-order valence-electron chi connectivity index (χ3n) is 3.58. The Kier molecular flexibility index (Phi) is 3.66. The van der Waals surface area contributed by atoms with Crippen molar-refractivity contribution in [3.63, 3.8) is 0 Å². The molecule has 0 aromatic carbocycles. The lowest BCUT2D eigenvalue weighted by atomic mass is 10.00. The van der Waals surface area contributed by atoms with Crippen molar-refractivity contribution >= 4 is 21.4 Å². The lowest BCUT2D eigenvalue weighted by Crippen LogP contribution is -2.33. The van der Waals surface area contributed by atoms with E-state index in [0.29, 0.717) is 16.7 Å². The molecule has 1 atom stereocenters. The molecule has 1 aliphatic heterocycles. The van der Waals surface area contributed by atoms with Crippen LogP contribution in [0.5, 0.6) is 0 Å². The Morgan fingerprint density at radius 2 is 2.35 bits per heavy atom. The van der Waals surface area contributed by atoms with Crippen molar-refractivity contribution in [2.24, 2.45) is 5.92 Å². The first-order valence-corrected chi connectivity index (χ1v) is 8.91. The molecule has 5 nitrogen and oxygen atoms in total. The molecule has 0 bridgehead atoms. The fourth-order valence-electron chi connectivity index (χ4n) is 2.46. The van der Waals surface area contributed by atoms with Crippen LogP contribution in [-0.2, 0) is 23.0 Å². The highest BCUT2D eigenvalue weighted by Gasteiger charge is 2.22. The second kappa shape index (κ2) is 5.31. The second-order valence-corrected chi connectivity index (χ2v) is 8.40. The van der Waals surface area contributed by atoms with Gasteiger partial charge in [0, 0.05) is 36.8 Å². The summed E-state index contributed by atoms with van der Waals surface area (Å²) in [7, 11) is -3.36. The fraction of sp³-hybridized carbons (Fsp3) is 0.462. The third-order valence-corrected chi connectivity index (χ3v) is 6.49. The Morgan fingerprint density at radius 1 is 1.50 bits per heavy atom. The van der Waals surface area contributed by atoms with E-state index in [1.165, 1.54) is 11.3 Å². The van der Waals surface area contributed by atoms with E-state index < -0.39 is 10.0 Å². The molecule has 0 saturated heterocycles. The summed E-state index contributed by atoms with van der Waals surface area (Å²) in [6.07, 6.45) is 5.65. The highest BCUT2D eigenvalue weighted by atomic mass is 32.2. The average Bonchev–Trinajstić information content (AvgIpc) is 3.04. The maximum Gasteiger partial charge on any atom is 0.250 e. The number of aryl methyl sites for hydroxylation is 2. The van der Waals surface area contributed by atoms with E-state index in [2.05, 4.69) is 14.3 Å². The van der Waals surface area contributed by atoms with Gasteiger partial charge in [0.15, 0.2) is 0 Å². The van der Waals surface area contributed by atoms with Gasteiger partial charge >= 0.3 is 0 Å². The first-order chi connectivity index (χ1) is 9.54. The number of hydrogen-bond donors (Lipinski definition) is 1. The first kappa shape index (κ1) is 13.8. The molecule has 2 aromatic rings. The highest BCUT2D eigenvalue weighted by Crippen LogP contribution is 2.22. The van der Waals surface area contributed by atoms with Gasteiger partial charge in [-0.15, -0.1) is 11.3 Å². The van der Waals surface area contributed by atoms with Crippen LogP contribution in [0, 0.1) is 12.8 Å². The number of nitrogens with one attached hydrogen (secondary N) is 1. The lowest BCUT2D eigenvalue weighted by Gasteiger charge is -2.23. The van der Waals surface area contributed by atoms with Gasteiger partial charge in [0.1, 0.15) is 10.0 Å². The summed E-state index contributed by atoms with van der Waals surface area (Å²) in [6.45, 7) is 3.23. The third kappa shape index (κ3) is 2.79. The largest absolute Gasteiger partial charge is 0.335 e. The van der Waals surface area contributed by atoms with E-state index in [0.717, 1.165) is 30.1 Å². The van der Waals surface area contributed by atoms with Crippen LogP contribution in [-0.4, -0.2) is 24.5 Å². The number of hydrogen-bond acceptors (Lipinski definition) is 4. The quantitative estimate of drug-likeness (QED) is 0.936. The second-order valence-electron chi connectivity index (χ2n) is 5.12. The number of thiophene rings is 1. The molecule has 0 amide bonds. The molecule has 2 aromatic heterocycles. The number of fused-ring (bicyclic) bond motifs is 1. The molecule has 7 heteroatoms. The van der Waals surface area contributed by atoms with Crippen LogP contribution < -0.4 is 4.72 Å². The number of rotatable bonds is 4.